The van der Waals surface area contributed by atoms with Crippen LogP contribution in [0.4, 0.5) is 0 Å². The van der Waals surface area contributed by atoms with E-state index in [2.05, 4.69) is 30.3 Å². The van der Waals surface area contributed by atoms with Gasteiger partial charge >= 0.3 is 0 Å². The van der Waals surface area contributed by atoms with Gasteiger partial charge in [-0.1, -0.05) is 42.5 Å². The first-order chi connectivity index (χ1) is 9.29. The summed E-state index contributed by atoms with van der Waals surface area (Å²) in [6.07, 6.45) is 0.148. The smallest absolute Gasteiger partial charge is 0.0802 e. The Balaban J connectivity index is 1.99. The van der Waals surface area contributed by atoms with Crippen molar-refractivity contribution in [2.24, 2.45) is 5.73 Å². The van der Waals surface area contributed by atoms with Crippen molar-refractivity contribution in [3.8, 4) is 0 Å². The van der Waals surface area contributed by atoms with E-state index in [0.717, 1.165) is 11.3 Å². The van der Waals surface area contributed by atoms with E-state index in [1.54, 1.807) is 11.8 Å². The average Bonchev–Trinajstić information content (AvgIpc) is 2.47. The molecule has 0 bridgehead atoms. The van der Waals surface area contributed by atoms with Gasteiger partial charge in [0.15, 0.2) is 0 Å². The largest absolute Gasteiger partial charge is 0.388 e. The molecule has 3 N–H and O–H groups in total. The third-order valence-corrected chi connectivity index (χ3v) is 4.00. The Morgan fingerprint density at radius 3 is 2.58 bits per heavy atom. The molecule has 0 amide bonds. The lowest BCUT2D eigenvalue weighted by atomic mass is 10.1. The molecule has 0 fully saturated rings. The van der Waals surface area contributed by atoms with Crippen LogP contribution < -0.4 is 5.73 Å². The number of benzene rings is 2. The van der Waals surface area contributed by atoms with Crippen molar-refractivity contribution < 1.29 is 5.11 Å². The fourth-order valence-corrected chi connectivity index (χ4v) is 2.80. The van der Waals surface area contributed by atoms with Gasteiger partial charge < -0.3 is 10.8 Å². The summed E-state index contributed by atoms with van der Waals surface area (Å²) in [6.45, 7) is 0.503. The molecule has 1 atom stereocenters. The van der Waals surface area contributed by atoms with Gasteiger partial charge in [-0.05, 0) is 36.2 Å². The minimum absolute atomic E-state index is 0.456. The van der Waals surface area contributed by atoms with Crippen molar-refractivity contribution in [1.82, 2.24) is 0 Å². The summed E-state index contributed by atoms with van der Waals surface area (Å²) in [5, 5.41) is 9.94. The maximum Gasteiger partial charge on any atom is 0.0802 e. The van der Waals surface area contributed by atoms with Crippen LogP contribution in [0.5, 0.6) is 0 Å². The molecule has 0 saturated heterocycles. The second kappa shape index (κ2) is 7.34. The second-order valence-electron chi connectivity index (χ2n) is 4.44. The minimum atomic E-state index is -0.456. The van der Waals surface area contributed by atoms with Gasteiger partial charge in [-0.2, -0.15) is 0 Å². The number of hydrogen-bond donors (Lipinski definition) is 2. The molecule has 2 nitrogen and oxygen atoms in total. The van der Waals surface area contributed by atoms with Crippen LogP contribution in [0.25, 0.3) is 0 Å². The molecule has 0 aliphatic rings. The van der Waals surface area contributed by atoms with Crippen LogP contribution >= 0.6 is 11.8 Å². The summed E-state index contributed by atoms with van der Waals surface area (Å²) in [5.41, 5.74) is 7.73. The van der Waals surface area contributed by atoms with Crippen LogP contribution in [0, 0.1) is 0 Å². The SMILES string of the molecule is NCCC(O)c1cccc(SCc2ccccc2)c1. The van der Waals surface area contributed by atoms with Gasteiger partial charge in [0.1, 0.15) is 0 Å². The van der Waals surface area contributed by atoms with Crippen molar-refractivity contribution in [1.29, 1.82) is 0 Å². The molecule has 0 heterocycles. The molecule has 19 heavy (non-hydrogen) atoms. The Labute approximate surface area is 118 Å². The first-order valence-corrected chi connectivity index (χ1v) is 7.43. The van der Waals surface area contributed by atoms with Crippen molar-refractivity contribution in [2.75, 3.05) is 6.54 Å². The van der Waals surface area contributed by atoms with Crippen LogP contribution in [0.1, 0.15) is 23.7 Å². The standard InChI is InChI=1S/C16H19NOS/c17-10-9-16(18)14-7-4-8-15(11-14)19-12-13-5-2-1-3-6-13/h1-8,11,16,18H,9-10,12,17H2. The Morgan fingerprint density at radius 1 is 1.05 bits per heavy atom. The molecule has 0 aliphatic carbocycles. The van der Waals surface area contributed by atoms with E-state index in [4.69, 9.17) is 5.73 Å². The molecule has 0 aliphatic heterocycles. The van der Waals surface area contributed by atoms with E-state index in [9.17, 15) is 5.11 Å². The van der Waals surface area contributed by atoms with Crippen LogP contribution in [-0.4, -0.2) is 11.7 Å². The first kappa shape index (κ1) is 14.1. The first-order valence-electron chi connectivity index (χ1n) is 6.44. The zero-order chi connectivity index (χ0) is 13.5. The predicted molar refractivity (Wildman–Crippen MR) is 81.1 cm³/mol. The summed E-state index contributed by atoms with van der Waals surface area (Å²) in [7, 11) is 0. The lowest BCUT2D eigenvalue weighted by molar-refractivity contribution is 0.170. The minimum Gasteiger partial charge on any atom is -0.388 e. The summed E-state index contributed by atoms with van der Waals surface area (Å²) in [5.74, 6) is 0.942. The molecule has 2 aromatic rings. The van der Waals surface area contributed by atoms with Crippen molar-refractivity contribution in [3.05, 3.63) is 65.7 Å². The van der Waals surface area contributed by atoms with Gasteiger partial charge in [0.25, 0.3) is 0 Å². The van der Waals surface area contributed by atoms with Crippen LogP contribution in [-0.2, 0) is 5.75 Å². The summed E-state index contributed by atoms with van der Waals surface area (Å²) < 4.78 is 0. The average molecular weight is 273 g/mol. The van der Waals surface area contributed by atoms with Gasteiger partial charge in [0, 0.05) is 10.6 Å². The number of rotatable bonds is 6. The number of aliphatic hydroxyl groups excluding tert-OH is 1. The molecule has 0 spiro atoms. The van der Waals surface area contributed by atoms with E-state index in [-0.39, 0.29) is 0 Å². The second-order valence-corrected chi connectivity index (χ2v) is 5.49. The fraction of sp³-hybridized carbons (Fsp3) is 0.250. The molecule has 0 radical (unpaired) electrons. The Morgan fingerprint density at radius 2 is 1.84 bits per heavy atom. The van der Waals surface area contributed by atoms with Crippen LogP contribution in [0.3, 0.4) is 0 Å². The third kappa shape index (κ3) is 4.39. The van der Waals surface area contributed by atoms with Gasteiger partial charge in [-0.25, -0.2) is 0 Å². The zero-order valence-electron chi connectivity index (χ0n) is 10.8. The zero-order valence-corrected chi connectivity index (χ0v) is 11.6. The van der Waals surface area contributed by atoms with E-state index >= 15 is 0 Å². The topological polar surface area (TPSA) is 46.2 Å². The highest BCUT2D eigenvalue weighted by atomic mass is 32.2. The molecule has 2 rings (SSSR count). The molecular weight excluding hydrogens is 254 g/mol. The van der Waals surface area contributed by atoms with Crippen molar-refractivity contribution >= 4 is 11.8 Å². The summed E-state index contributed by atoms with van der Waals surface area (Å²) >= 11 is 1.78. The predicted octanol–water partition coefficient (Wildman–Crippen LogP) is 3.36. The highest BCUT2D eigenvalue weighted by Gasteiger charge is 2.07. The lowest BCUT2D eigenvalue weighted by Gasteiger charge is -2.11. The van der Waals surface area contributed by atoms with Crippen molar-refractivity contribution in [3.63, 3.8) is 0 Å². The van der Waals surface area contributed by atoms with Gasteiger partial charge in [-0.15, -0.1) is 11.8 Å². The van der Waals surface area contributed by atoms with Gasteiger partial charge in [0.2, 0.25) is 0 Å². The Kier molecular flexibility index (Phi) is 5.45. The third-order valence-electron chi connectivity index (χ3n) is 2.93. The van der Waals surface area contributed by atoms with Crippen molar-refractivity contribution in [2.45, 2.75) is 23.2 Å². The van der Waals surface area contributed by atoms with E-state index < -0.39 is 6.10 Å². The van der Waals surface area contributed by atoms with Gasteiger partial charge in [0.05, 0.1) is 6.10 Å². The number of aliphatic hydroxyl groups is 1. The molecule has 3 heteroatoms. The number of nitrogens with two attached hydrogens (primary N) is 1. The monoisotopic (exact) mass is 273 g/mol. The fourth-order valence-electron chi connectivity index (χ4n) is 1.88. The Hall–Kier alpha value is -1.29. The maximum atomic E-state index is 9.94. The van der Waals surface area contributed by atoms with Gasteiger partial charge in [-0.3, -0.25) is 0 Å². The molecular formula is C16H19NOS. The molecule has 0 saturated carbocycles. The summed E-state index contributed by atoms with van der Waals surface area (Å²) in [4.78, 5) is 1.18. The summed E-state index contributed by atoms with van der Waals surface area (Å²) in [6, 6.07) is 18.4. The normalized spacial score (nSPS) is 12.3. The molecule has 100 valence electrons. The lowest BCUT2D eigenvalue weighted by Crippen LogP contribution is -2.06. The molecule has 2 aromatic carbocycles. The number of hydrogen-bond acceptors (Lipinski definition) is 3. The number of thioether (sulfide) groups is 1. The quantitative estimate of drug-likeness (QED) is 0.793. The highest BCUT2D eigenvalue weighted by Crippen LogP contribution is 2.26. The van der Waals surface area contributed by atoms with E-state index in [0.29, 0.717) is 13.0 Å². The highest BCUT2D eigenvalue weighted by molar-refractivity contribution is 7.98. The van der Waals surface area contributed by atoms with E-state index in [1.165, 1.54) is 10.5 Å². The molecule has 1 unspecified atom stereocenters. The van der Waals surface area contributed by atoms with Crippen LogP contribution in [0.2, 0.25) is 0 Å². The van der Waals surface area contributed by atoms with Crippen LogP contribution in [0.15, 0.2) is 59.5 Å². The Bertz CT molecular complexity index is 501. The van der Waals surface area contributed by atoms with E-state index in [1.807, 2.05) is 24.3 Å². The maximum absolute atomic E-state index is 9.94. The molecule has 0 aromatic heterocycles.